The fraction of sp³-hybridized carbons (Fsp3) is 0.400. The van der Waals surface area contributed by atoms with Crippen molar-refractivity contribution < 1.29 is 9.47 Å². The van der Waals surface area contributed by atoms with Crippen LogP contribution in [0.3, 0.4) is 0 Å². The van der Waals surface area contributed by atoms with Crippen LogP contribution >= 0.6 is 11.6 Å². The zero-order chi connectivity index (χ0) is 15.2. The van der Waals surface area contributed by atoms with Gasteiger partial charge in [-0.05, 0) is 26.0 Å². The molecule has 1 aromatic heterocycles. The number of imidazole rings is 1. The Morgan fingerprint density at radius 2 is 1.90 bits per heavy atom. The molecule has 0 spiro atoms. The molecule has 0 bridgehead atoms. The minimum atomic E-state index is 0.586. The number of hydrogen-bond donors (Lipinski definition) is 1. The Morgan fingerprint density at radius 3 is 2.52 bits per heavy atom. The lowest BCUT2D eigenvalue weighted by atomic mass is 10.2. The molecule has 1 heterocycles. The number of anilines is 1. The summed E-state index contributed by atoms with van der Waals surface area (Å²) in [6.07, 6.45) is 1.64. The molecule has 5 nitrogen and oxygen atoms in total. The minimum Gasteiger partial charge on any atom is -0.490 e. The van der Waals surface area contributed by atoms with Crippen molar-refractivity contribution in [3.8, 4) is 11.5 Å². The van der Waals surface area contributed by atoms with Crippen LogP contribution in [0.2, 0.25) is 5.15 Å². The molecule has 0 saturated carbocycles. The molecular weight excluding hydrogens is 290 g/mol. The zero-order valence-electron chi connectivity index (χ0n) is 12.5. The average Bonchev–Trinajstić information content (AvgIpc) is 2.79. The molecule has 0 unspecified atom stereocenters. The number of hydrogen-bond acceptors (Lipinski definition) is 4. The van der Waals surface area contributed by atoms with Crippen LogP contribution in [0.5, 0.6) is 11.5 Å². The second-order valence-electron chi connectivity index (χ2n) is 4.44. The number of ether oxygens (including phenoxy) is 2. The van der Waals surface area contributed by atoms with E-state index in [1.807, 2.05) is 43.7 Å². The molecule has 0 aliphatic heterocycles. The monoisotopic (exact) mass is 309 g/mol. The number of halogens is 1. The van der Waals surface area contributed by atoms with Crippen molar-refractivity contribution in [2.24, 2.45) is 7.05 Å². The van der Waals surface area contributed by atoms with Gasteiger partial charge in [0.2, 0.25) is 0 Å². The number of rotatable bonds is 7. The van der Waals surface area contributed by atoms with E-state index in [-0.39, 0.29) is 0 Å². The normalized spacial score (nSPS) is 10.5. The summed E-state index contributed by atoms with van der Waals surface area (Å²) in [5.74, 6) is 2.36. The van der Waals surface area contributed by atoms with E-state index in [0.29, 0.717) is 24.9 Å². The van der Waals surface area contributed by atoms with Crippen LogP contribution in [0.1, 0.15) is 19.7 Å². The summed E-state index contributed by atoms with van der Waals surface area (Å²) in [7, 11) is 1.89. The topological polar surface area (TPSA) is 48.3 Å². The van der Waals surface area contributed by atoms with E-state index in [0.717, 1.165) is 23.0 Å². The van der Waals surface area contributed by atoms with E-state index in [2.05, 4.69) is 10.3 Å². The molecule has 2 aromatic rings. The average molecular weight is 310 g/mol. The Bertz CT molecular complexity index is 599. The number of benzene rings is 1. The molecule has 0 radical (unpaired) electrons. The molecule has 0 atom stereocenters. The first-order valence-corrected chi connectivity index (χ1v) is 7.33. The van der Waals surface area contributed by atoms with E-state index in [1.54, 1.807) is 6.20 Å². The number of nitrogens with zero attached hydrogens (tertiary/aromatic N) is 2. The standard InChI is InChI=1S/C15H20ClN3O2/c1-4-20-12-7-6-11(8-13(12)21-5-2)17-10-15-18-9-14(16)19(15)3/h6-9,17H,4-5,10H2,1-3H3. The van der Waals surface area contributed by atoms with Crippen molar-refractivity contribution in [1.82, 2.24) is 9.55 Å². The van der Waals surface area contributed by atoms with E-state index < -0.39 is 0 Å². The van der Waals surface area contributed by atoms with Gasteiger partial charge in [0.1, 0.15) is 11.0 Å². The smallest absolute Gasteiger partial charge is 0.163 e. The van der Waals surface area contributed by atoms with Crippen LogP contribution in [-0.4, -0.2) is 22.8 Å². The molecule has 0 aliphatic rings. The highest BCUT2D eigenvalue weighted by Gasteiger charge is 2.08. The lowest BCUT2D eigenvalue weighted by Crippen LogP contribution is -2.06. The molecule has 1 N–H and O–H groups in total. The summed E-state index contributed by atoms with van der Waals surface area (Å²) in [4.78, 5) is 4.25. The Balaban J connectivity index is 2.09. The Morgan fingerprint density at radius 1 is 1.19 bits per heavy atom. The first-order valence-electron chi connectivity index (χ1n) is 6.95. The fourth-order valence-corrected chi connectivity index (χ4v) is 2.08. The second kappa shape index (κ2) is 7.22. The Kier molecular flexibility index (Phi) is 5.33. The number of aromatic nitrogens is 2. The summed E-state index contributed by atoms with van der Waals surface area (Å²) in [6, 6.07) is 5.79. The zero-order valence-corrected chi connectivity index (χ0v) is 13.3. The highest BCUT2D eigenvalue weighted by atomic mass is 35.5. The largest absolute Gasteiger partial charge is 0.490 e. The Labute approximate surface area is 129 Å². The molecule has 2 rings (SSSR count). The van der Waals surface area contributed by atoms with Crippen molar-refractivity contribution in [2.75, 3.05) is 18.5 Å². The third kappa shape index (κ3) is 3.82. The van der Waals surface area contributed by atoms with Gasteiger partial charge in [0, 0.05) is 18.8 Å². The molecule has 6 heteroatoms. The van der Waals surface area contributed by atoms with Gasteiger partial charge in [0.05, 0.1) is 26.0 Å². The van der Waals surface area contributed by atoms with E-state index in [1.165, 1.54) is 0 Å². The van der Waals surface area contributed by atoms with Crippen molar-refractivity contribution in [3.05, 3.63) is 35.4 Å². The summed E-state index contributed by atoms with van der Waals surface area (Å²) in [5.41, 5.74) is 0.945. The van der Waals surface area contributed by atoms with Crippen LogP contribution in [0.15, 0.2) is 24.4 Å². The summed E-state index contributed by atoms with van der Waals surface area (Å²) in [6.45, 7) is 5.69. The van der Waals surface area contributed by atoms with Gasteiger partial charge >= 0.3 is 0 Å². The molecular formula is C15H20ClN3O2. The SMILES string of the molecule is CCOc1ccc(NCc2ncc(Cl)n2C)cc1OCC. The van der Waals surface area contributed by atoms with Gasteiger partial charge in [-0.15, -0.1) is 0 Å². The van der Waals surface area contributed by atoms with E-state index in [9.17, 15) is 0 Å². The van der Waals surface area contributed by atoms with Gasteiger partial charge in [0.15, 0.2) is 11.5 Å². The predicted molar refractivity (Wildman–Crippen MR) is 84.3 cm³/mol. The number of nitrogens with one attached hydrogen (secondary N) is 1. The van der Waals surface area contributed by atoms with Crippen molar-refractivity contribution in [2.45, 2.75) is 20.4 Å². The maximum absolute atomic E-state index is 5.97. The fourth-order valence-electron chi connectivity index (χ4n) is 1.93. The third-order valence-electron chi connectivity index (χ3n) is 3.02. The first kappa shape index (κ1) is 15.5. The molecule has 114 valence electrons. The highest BCUT2D eigenvalue weighted by molar-refractivity contribution is 6.29. The second-order valence-corrected chi connectivity index (χ2v) is 4.82. The minimum absolute atomic E-state index is 0.586. The maximum Gasteiger partial charge on any atom is 0.163 e. The van der Waals surface area contributed by atoms with Crippen LogP contribution < -0.4 is 14.8 Å². The lowest BCUT2D eigenvalue weighted by molar-refractivity contribution is 0.288. The van der Waals surface area contributed by atoms with Crippen molar-refractivity contribution >= 4 is 17.3 Å². The summed E-state index contributed by atoms with van der Waals surface area (Å²) >= 11 is 5.97. The van der Waals surface area contributed by atoms with Gasteiger partial charge in [-0.3, -0.25) is 0 Å². The van der Waals surface area contributed by atoms with Gasteiger partial charge in [-0.25, -0.2) is 4.98 Å². The Hall–Kier alpha value is -1.88. The lowest BCUT2D eigenvalue weighted by Gasteiger charge is -2.13. The van der Waals surface area contributed by atoms with Crippen LogP contribution in [0.25, 0.3) is 0 Å². The first-order chi connectivity index (χ1) is 10.2. The highest BCUT2D eigenvalue weighted by Crippen LogP contribution is 2.30. The molecule has 0 fully saturated rings. The molecule has 0 aliphatic carbocycles. The van der Waals surface area contributed by atoms with Gasteiger partial charge in [-0.2, -0.15) is 0 Å². The van der Waals surface area contributed by atoms with E-state index >= 15 is 0 Å². The quantitative estimate of drug-likeness (QED) is 0.850. The van der Waals surface area contributed by atoms with Gasteiger partial charge < -0.3 is 19.4 Å². The van der Waals surface area contributed by atoms with Crippen LogP contribution in [0.4, 0.5) is 5.69 Å². The molecule has 1 aromatic carbocycles. The van der Waals surface area contributed by atoms with Gasteiger partial charge in [0.25, 0.3) is 0 Å². The predicted octanol–water partition coefficient (Wildman–Crippen LogP) is 3.48. The maximum atomic E-state index is 5.97. The summed E-state index contributed by atoms with van der Waals surface area (Å²) in [5, 5.41) is 3.92. The molecule has 0 saturated heterocycles. The van der Waals surface area contributed by atoms with E-state index in [4.69, 9.17) is 21.1 Å². The molecule has 21 heavy (non-hydrogen) atoms. The summed E-state index contributed by atoms with van der Waals surface area (Å²) < 4.78 is 13.0. The third-order valence-corrected chi connectivity index (χ3v) is 3.37. The van der Waals surface area contributed by atoms with Crippen molar-refractivity contribution in [3.63, 3.8) is 0 Å². The van der Waals surface area contributed by atoms with Crippen LogP contribution in [0, 0.1) is 0 Å². The van der Waals surface area contributed by atoms with Crippen LogP contribution in [-0.2, 0) is 13.6 Å². The van der Waals surface area contributed by atoms with Crippen molar-refractivity contribution in [1.29, 1.82) is 0 Å². The van der Waals surface area contributed by atoms with Gasteiger partial charge in [-0.1, -0.05) is 11.6 Å². The molecule has 0 amide bonds.